The number of nitrogens with zero attached hydrogens (tertiary/aromatic N) is 4. The Morgan fingerprint density at radius 1 is 0.935 bits per heavy atom. The van der Waals surface area contributed by atoms with Crippen LogP contribution >= 0.6 is 0 Å². The molecule has 3 aromatic rings. The van der Waals surface area contributed by atoms with Crippen LogP contribution < -0.4 is 5.32 Å². The number of hydrogen-bond acceptors (Lipinski definition) is 3. The Bertz CT molecular complexity index is 1020. The molecule has 0 spiro atoms. The van der Waals surface area contributed by atoms with Crippen molar-refractivity contribution in [1.29, 1.82) is 0 Å². The average Bonchev–Trinajstić information content (AvgIpc) is 3.38. The second-order valence-electron chi connectivity index (χ2n) is 7.61. The van der Waals surface area contributed by atoms with Crippen LogP contribution in [0.5, 0.6) is 0 Å². The monoisotopic (exact) mass is 417 g/mol. The molecule has 1 aliphatic heterocycles. The number of carbonyl (C=O) groups is 2. The quantitative estimate of drug-likeness (QED) is 0.694. The summed E-state index contributed by atoms with van der Waals surface area (Å²) in [7, 11) is 0. The molecule has 3 amide bonds. The van der Waals surface area contributed by atoms with Crippen molar-refractivity contribution >= 4 is 11.9 Å². The summed E-state index contributed by atoms with van der Waals surface area (Å²) >= 11 is 0. The van der Waals surface area contributed by atoms with E-state index in [-0.39, 0.29) is 11.9 Å². The average molecular weight is 418 g/mol. The van der Waals surface area contributed by atoms with E-state index in [1.54, 1.807) is 15.8 Å². The Hall–Kier alpha value is -3.61. The van der Waals surface area contributed by atoms with Crippen molar-refractivity contribution in [2.45, 2.75) is 19.9 Å². The van der Waals surface area contributed by atoms with Gasteiger partial charge in [-0.15, -0.1) is 0 Å². The molecule has 1 aliphatic rings. The molecule has 2 aromatic carbocycles. The van der Waals surface area contributed by atoms with Crippen LogP contribution in [-0.4, -0.2) is 57.7 Å². The molecule has 0 aliphatic carbocycles. The molecule has 7 heteroatoms. The number of aryl methyl sites for hydroxylation is 1. The minimum Gasteiger partial charge on any atom is -0.335 e. The van der Waals surface area contributed by atoms with Crippen molar-refractivity contribution in [2.24, 2.45) is 0 Å². The van der Waals surface area contributed by atoms with Gasteiger partial charge in [-0.2, -0.15) is 5.10 Å². The molecule has 0 bridgehead atoms. The number of hydrogen-bond donors (Lipinski definition) is 1. The number of urea groups is 1. The van der Waals surface area contributed by atoms with Crippen LogP contribution in [0.1, 0.15) is 28.4 Å². The van der Waals surface area contributed by atoms with E-state index in [1.165, 1.54) is 5.56 Å². The molecule has 4 rings (SSSR count). The molecular weight excluding hydrogens is 390 g/mol. The Kier molecular flexibility index (Phi) is 6.31. The lowest BCUT2D eigenvalue weighted by Gasteiger charge is -2.34. The summed E-state index contributed by atoms with van der Waals surface area (Å²) in [4.78, 5) is 28.9. The molecule has 1 fully saturated rings. The van der Waals surface area contributed by atoms with Gasteiger partial charge in [0.25, 0.3) is 5.91 Å². The SMILES string of the molecule is CCc1ccc(C(=O)N2CCN(C(=O)NCc3cccc(-n4cccn4)c3)CC2)cc1. The van der Waals surface area contributed by atoms with Crippen molar-refractivity contribution in [1.82, 2.24) is 24.9 Å². The lowest BCUT2D eigenvalue weighted by Crippen LogP contribution is -2.53. The lowest BCUT2D eigenvalue weighted by molar-refractivity contribution is 0.0665. The number of benzene rings is 2. The van der Waals surface area contributed by atoms with Gasteiger partial charge in [-0.25, -0.2) is 9.48 Å². The smallest absolute Gasteiger partial charge is 0.317 e. The third-order valence-electron chi connectivity index (χ3n) is 5.59. The van der Waals surface area contributed by atoms with Crippen molar-refractivity contribution in [3.63, 3.8) is 0 Å². The largest absolute Gasteiger partial charge is 0.335 e. The van der Waals surface area contributed by atoms with Crippen LogP contribution in [-0.2, 0) is 13.0 Å². The standard InChI is InChI=1S/C24H27N5O2/c1-2-19-7-9-21(10-8-19)23(30)27-13-15-28(16-14-27)24(31)25-18-20-5-3-6-22(17-20)29-12-4-11-26-29/h3-12,17H,2,13-16,18H2,1H3,(H,25,31). The van der Waals surface area contributed by atoms with E-state index >= 15 is 0 Å². The van der Waals surface area contributed by atoms with Gasteiger partial charge in [0.15, 0.2) is 0 Å². The highest BCUT2D eigenvalue weighted by Gasteiger charge is 2.24. The minimum atomic E-state index is -0.108. The highest BCUT2D eigenvalue weighted by Crippen LogP contribution is 2.12. The normalized spacial score (nSPS) is 13.8. The van der Waals surface area contributed by atoms with E-state index in [0.29, 0.717) is 38.3 Å². The first-order valence-corrected chi connectivity index (χ1v) is 10.6. The molecule has 160 valence electrons. The summed E-state index contributed by atoms with van der Waals surface area (Å²) in [5.41, 5.74) is 3.88. The zero-order valence-corrected chi connectivity index (χ0v) is 17.7. The second-order valence-corrected chi connectivity index (χ2v) is 7.61. The third kappa shape index (κ3) is 4.94. The molecule has 0 atom stereocenters. The summed E-state index contributed by atoms with van der Waals surface area (Å²) in [5.74, 6) is 0.0261. The van der Waals surface area contributed by atoms with Crippen LogP contribution in [0.3, 0.4) is 0 Å². The van der Waals surface area contributed by atoms with E-state index < -0.39 is 0 Å². The van der Waals surface area contributed by atoms with Gasteiger partial charge in [0.1, 0.15) is 0 Å². The Morgan fingerprint density at radius 2 is 1.68 bits per heavy atom. The first-order valence-electron chi connectivity index (χ1n) is 10.6. The molecule has 1 N–H and O–H groups in total. The van der Waals surface area contributed by atoms with Gasteiger partial charge >= 0.3 is 6.03 Å². The fraction of sp³-hybridized carbons (Fsp3) is 0.292. The highest BCUT2D eigenvalue weighted by molar-refractivity contribution is 5.94. The molecule has 0 radical (unpaired) electrons. The first-order chi connectivity index (χ1) is 15.1. The minimum absolute atomic E-state index is 0.0261. The molecule has 7 nitrogen and oxygen atoms in total. The third-order valence-corrected chi connectivity index (χ3v) is 5.59. The number of aromatic nitrogens is 2. The van der Waals surface area contributed by atoms with Gasteiger partial charge in [-0.1, -0.05) is 31.2 Å². The van der Waals surface area contributed by atoms with Gasteiger partial charge in [0.2, 0.25) is 0 Å². The Morgan fingerprint density at radius 3 is 2.35 bits per heavy atom. The van der Waals surface area contributed by atoms with Gasteiger partial charge in [-0.3, -0.25) is 4.79 Å². The Labute approximate surface area is 182 Å². The fourth-order valence-corrected chi connectivity index (χ4v) is 3.70. The summed E-state index contributed by atoms with van der Waals surface area (Å²) in [6.07, 6.45) is 4.57. The molecule has 0 saturated carbocycles. The maximum atomic E-state index is 12.7. The van der Waals surface area contributed by atoms with Crippen molar-refractivity contribution < 1.29 is 9.59 Å². The molecular formula is C24H27N5O2. The van der Waals surface area contributed by atoms with E-state index in [1.807, 2.05) is 65.7 Å². The number of nitrogens with one attached hydrogen (secondary N) is 1. The van der Waals surface area contributed by atoms with Crippen molar-refractivity contribution in [3.05, 3.63) is 83.7 Å². The van der Waals surface area contributed by atoms with E-state index in [2.05, 4.69) is 17.3 Å². The van der Waals surface area contributed by atoms with E-state index in [9.17, 15) is 9.59 Å². The predicted octanol–water partition coefficient (Wildman–Crippen LogP) is 3.10. The maximum absolute atomic E-state index is 12.7. The maximum Gasteiger partial charge on any atom is 0.317 e. The zero-order valence-electron chi connectivity index (χ0n) is 17.7. The topological polar surface area (TPSA) is 70.5 Å². The van der Waals surface area contributed by atoms with Crippen LogP contribution in [0.25, 0.3) is 5.69 Å². The van der Waals surface area contributed by atoms with Gasteiger partial charge in [0.05, 0.1) is 5.69 Å². The lowest BCUT2D eigenvalue weighted by atomic mass is 10.1. The van der Waals surface area contributed by atoms with Gasteiger partial charge in [0, 0.05) is 50.7 Å². The van der Waals surface area contributed by atoms with Crippen molar-refractivity contribution in [2.75, 3.05) is 26.2 Å². The van der Waals surface area contributed by atoms with Crippen LogP contribution in [0.2, 0.25) is 0 Å². The predicted molar refractivity (Wildman–Crippen MR) is 119 cm³/mol. The van der Waals surface area contributed by atoms with Crippen LogP contribution in [0.15, 0.2) is 67.0 Å². The summed E-state index contributed by atoms with van der Waals surface area (Å²) in [6, 6.07) is 17.5. The number of piperazine rings is 1. The van der Waals surface area contributed by atoms with Gasteiger partial charge < -0.3 is 15.1 Å². The highest BCUT2D eigenvalue weighted by atomic mass is 16.2. The Balaban J connectivity index is 1.27. The van der Waals surface area contributed by atoms with E-state index in [0.717, 1.165) is 17.7 Å². The van der Waals surface area contributed by atoms with Gasteiger partial charge in [-0.05, 0) is 47.9 Å². The molecule has 31 heavy (non-hydrogen) atoms. The summed E-state index contributed by atoms with van der Waals surface area (Å²) < 4.78 is 1.79. The number of carbonyl (C=O) groups excluding carboxylic acids is 2. The molecule has 1 aromatic heterocycles. The fourth-order valence-electron chi connectivity index (χ4n) is 3.70. The summed E-state index contributed by atoms with van der Waals surface area (Å²) in [5, 5.41) is 7.22. The molecule has 2 heterocycles. The van der Waals surface area contributed by atoms with Crippen LogP contribution in [0, 0.1) is 0 Å². The number of amides is 3. The molecule has 0 unspecified atom stereocenters. The number of rotatable bonds is 5. The van der Waals surface area contributed by atoms with Crippen LogP contribution in [0.4, 0.5) is 4.79 Å². The first kappa shape index (κ1) is 20.7. The second kappa shape index (κ2) is 9.47. The zero-order chi connectivity index (χ0) is 21.6. The molecule has 1 saturated heterocycles. The van der Waals surface area contributed by atoms with E-state index in [4.69, 9.17) is 0 Å². The van der Waals surface area contributed by atoms with Crippen molar-refractivity contribution in [3.8, 4) is 5.69 Å². The summed E-state index contributed by atoms with van der Waals surface area (Å²) in [6.45, 7) is 4.66.